The second kappa shape index (κ2) is 5.59. The summed E-state index contributed by atoms with van der Waals surface area (Å²) in [5, 5.41) is 0. The van der Waals surface area contributed by atoms with E-state index >= 15 is 0 Å². The molecular formula is C21H31NO3. The van der Waals surface area contributed by atoms with E-state index in [1.54, 1.807) is 0 Å². The first-order valence-corrected chi connectivity index (χ1v) is 9.92. The molecular weight excluding hydrogens is 314 g/mol. The maximum atomic E-state index is 12.5. The van der Waals surface area contributed by atoms with Gasteiger partial charge in [-0.1, -0.05) is 26.3 Å². The van der Waals surface area contributed by atoms with Gasteiger partial charge in [0.1, 0.15) is 6.10 Å². The van der Waals surface area contributed by atoms with Gasteiger partial charge in [0.15, 0.2) is 0 Å². The van der Waals surface area contributed by atoms with Crippen molar-refractivity contribution in [2.75, 3.05) is 7.05 Å². The summed E-state index contributed by atoms with van der Waals surface area (Å²) in [6.07, 6.45) is 9.86. The first kappa shape index (κ1) is 17.1. The van der Waals surface area contributed by atoms with E-state index in [9.17, 15) is 9.59 Å². The third kappa shape index (κ3) is 2.32. The van der Waals surface area contributed by atoms with E-state index in [1.807, 2.05) is 11.9 Å². The highest BCUT2D eigenvalue weighted by Gasteiger charge is 2.60. The molecule has 1 saturated heterocycles. The maximum absolute atomic E-state index is 12.5. The molecule has 3 fully saturated rings. The van der Waals surface area contributed by atoms with E-state index < -0.39 is 0 Å². The largest absolute Gasteiger partial charge is 0.461 e. The summed E-state index contributed by atoms with van der Waals surface area (Å²) in [6.45, 7) is 6.21. The molecule has 0 aromatic heterocycles. The Kier molecular flexibility index (Phi) is 3.82. The molecule has 0 aromatic rings. The number of hydrogen-bond acceptors (Lipinski definition) is 3. The number of esters is 1. The molecule has 0 radical (unpaired) electrons. The number of amides is 1. The van der Waals surface area contributed by atoms with Crippen LogP contribution in [0.25, 0.3) is 0 Å². The molecule has 6 atom stereocenters. The molecule has 2 saturated carbocycles. The lowest BCUT2D eigenvalue weighted by molar-refractivity contribution is -0.170. The van der Waals surface area contributed by atoms with Gasteiger partial charge in [0, 0.05) is 25.1 Å². The van der Waals surface area contributed by atoms with Gasteiger partial charge in [-0.2, -0.15) is 0 Å². The molecule has 1 unspecified atom stereocenters. The van der Waals surface area contributed by atoms with Crippen LogP contribution in [0.5, 0.6) is 0 Å². The van der Waals surface area contributed by atoms with Crippen LogP contribution in [0.1, 0.15) is 65.7 Å². The molecule has 1 amide bonds. The predicted octanol–water partition coefficient (Wildman–Crippen LogP) is 3.91. The Labute approximate surface area is 151 Å². The summed E-state index contributed by atoms with van der Waals surface area (Å²) in [7, 11) is 1.89. The van der Waals surface area contributed by atoms with Gasteiger partial charge < -0.3 is 9.64 Å². The molecule has 0 bridgehead atoms. The Morgan fingerprint density at radius 3 is 2.72 bits per heavy atom. The normalized spacial score (nSPS) is 46.0. The molecule has 1 heterocycles. The number of carbonyl (C=O) groups excluding carboxylic acids is 2. The van der Waals surface area contributed by atoms with Gasteiger partial charge in [0.2, 0.25) is 5.91 Å². The van der Waals surface area contributed by atoms with Crippen LogP contribution in [-0.2, 0) is 14.3 Å². The molecule has 1 aliphatic heterocycles. The van der Waals surface area contributed by atoms with Crippen LogP contribution >= 0.6 is 0 Å². The molecule has 0 aromatic carbocycles. The molecule has 4 rings (SSSR count). The van der Waals surface area contributed by atoms with Crippen LogP contribution in [0.4, 0.5) is 0 Å². The van der Waals surface area contributed by atoms with Crippen molar-refractivity contribution in [3.8, 4) is 0 Å². The van der Waals surface area contributed by atoms with Crippen LogP contribution < -0.4 is 0 Å². The Balaban J connectivity index is 1.76. The number of likely N-dealkylation sites (tertiary alicyclic amines) is 1. The summed E-state index contributed by atoms with van der Waals surface area (Å²) < 4.78 is 5.74. The molecule has 0 N–H and O–H groups in total. The fraction of sp³-hybridized carbons (Fsp3) is 0.810. The van der Waals surface area contributed by atoms with Crippen molar-refractivity contribution in [2.45, 2.75) is 71.8 Å². The number of rotatable bonds is 1. The number of nitrogens with zero attached hydrogens (tertiary/aromatic N) is 1. The van der Waals surface area contributed by atoms with Crippen molar-refractivity contribution in [1.82, 2.24) is 4.90 Å². The minimum atomic E-state index is -0.321. The quantitative estimate of drug-likeness (QED) is 0.677. The summed E-state index contributed by atoms with van der Waals surface area (Å²) >= 11 is 0. The van der Waals surface area contributed by atoms with E-state index in [-0.39, 0.29) is 23.4 Å². The van der Waals surface area contributed by atoms with Gasteiger partial charge >= 0.3 is 5.97 Å². The highest BCUT2D eigenvalue weighted by Crippen LogP contribution is 2.64. The zero-order chi connectivity index (χ0) is 18.0. The fourth-order valence-electron chi connectivity index (χ4n) is 6.92. The average Bonchev–Trinajstić information content (AvgIpc) is 2.94. The molecule has 25 heavy (non-hydrogen) atoms. The highest BCUT2D eigenvalue weighted by atomic mass is 16.5. The van der Waals surface area contributed by atoms with Gasteiger partial charge in [-0.3, -0.25) is 9.59 Å². The highest BCUT2D eigenvalue weighted by molar-refractivity contribution is 5.81. The summed E-state index contributed by atoms with van der Waals surface area (Å²) in [5.41, 5.74) is 1.36. The Hall–Kier alpha value is -1.32. The van der Waals surface area contributed by atoms with Crippen molar-refractivity contribution >= 4 is 11.9 Å². The monoisotopic (exact) mass is 345 g/mol. The van der Waals surface area contributed by atoms with E-state index in [0.717, 1.165) is 18.0 Å². The minimum absolute atomic E-state index is 0.0648. The van der Waals surface area contributed by atoms with Crippen molar-refractivity contribution < 1.29 is 14.3 Å². The minimum Gasteiger partial charge on any atom is -0.461 e. The second-order valence-corrected chi connectivity index (χ2v) is 9.32. The summed E-state index contributed by atoms with van der Waals surface area (Å²) in [4.78, 5) is 26.0. The number of carbonyl (C=O) groups is 2. The van der Waals surface area contributed by atoms with E-state index in [2.05, 4.69) is 19.9 Å². The Bertz CT molecular complexity index is 641. The van der Waals surface area contributed by atoms with Crippen LogP contribution in [0.2, 0.25) is 0 Å². The fourth-order valence-corrected chi connectivity index (χ4v) is 6.92. The number of ether oxygens (including phenoxy) is 1. The van der Waals surface area contributed by atoms with Crippen molar-refractivity contribution in [1.29, 1.82) is 0 Å². The van der Waals surface area contributed by atoms with E-state index in [0.29, 0.717) is 23.7 Å². The van der Waals surface area contributed by atoms with Crippen molar-refractivity contribution in [2.24, 2.45) is 28.6 Å². The maximum Gasteiger partial charge on any atom is 0.302 e. The Morgan fingerprint density at radius 2 is 2.00 bits per heavy atom. The number of hydrogen-bond donors (Lipinski definition) is 0. The van der Waals surface area contributed by atoms with Crippen molar-refractivity contribution in [3.63, 3.8) is 0 Å². The molecule has 4 nitrogen and oxygen atoms in total. The van der Waals surface area contributed by atoms with Crippen LogP contribution in [0.15, 0.2) is 11.8 Å². The van der Waals surface area contributed by atoms with Gasteiger partial charge in [-0.15, -0.1) is 0 Å². The zero-order valence-corrected chi connectivity index (χ0v) is 16.0. The summed E-state index contributed by atoms with van der Waals surface area (Å²) in [5.74, 6) is 1.74. The standard InChI is InChI=1S/C21H31NO3/c1-13(23)25-18-12-19(24)22(4)17-8-7-14-15-6-5-10-20(15,2)11-9-16(14)21(17,18)3/h8,14-16,18H,5-7,9-12H2,1-4H3/t14-,15-,16-,18?,20-,21+/m0/s1. The zero-order valence-electron chi connectivity index (χ0n) is 16.0. The number of fused-ring (bicyclic) bond motifs is 5. The van der Waals surface area contributed by atoms with E-state index in [4.69, 9.17) is 4.74 Å². The third-order valence-electron chi connectivity index (χ3n) is 8.20. The lowest BCUT2D eigenvalue weighted by Crippen LogP contribution is -2.59. The smallest absolute Gasteiger partial charge is 0.302 e. The van der Waals surface area contributed by atoms with Crippen LogP contribution in [-0.4, -0.2) is 29.9 Å². The van der Waals surface area contributed by atoms with Crippen LogP contribution in [0.3, 0.4) is 0 Å². The predicted molar refractivity (Wildman–Crippen MR) is 95.4 cm³/mol. The second-order valence-electron chi connectivity index (χ2n) is 9.32. The lowest BCUT2D eigenvalue weighted by Gasteiger charge is -2.59. The first-order valence-electron chi connectivity index (χ1n) is 9.92. The van der Waals surface area contributed by atoms with Gasteiger partial charge in [-0.25, -0.2) is 0 Å². The average molecular weight is 345 g/mol. The molecule has 4 heteroatoms. The first-order chi connectivity index (χ1) is 11.8. The topological polar surface area (TPSA) is 46.6 Å². The number of allylic oxidation sites excluding steroid dienone is 1. The molecule has 138 valence electrons. The van der Waals surface area contributed by atoms with Gasteiger partial charge in [-0.05, 0) is 55.3 Å². The van der Waals surface area contributed by atoms with Crippen molar-refractivity contribution in [3.05, 3.63) is 11.8 Å². The lowest BCUT2D eigenvalue weighted by atomic mass is 9.49. The number of piperidine rings is 1. The molecule has 3 aliphatic carbocycles. The van der Waals surface area contributed by atoms with Gasteiger partial charge in [0.25, 0.3) is 0 Å². The molecule has 0 spiro atoms. The Morgan fingerprint density at radius 1 is 1.24 bits per heavy atom. The SMILES string of the molecule is CC(=O)OC1CC(=O)N(C)C2=CC[C@H]3[C@@H]4CCC[C@@]4(C)CC[C@@H]3[C@]21C. The van der Waals surface area contributed by atoms with Crippen LogP contribution in [0, 0.1) is 28.6 Å². The molecule has 4 aliphatic rings. The summed E-state index contributed by atoms with van der Waals surface area (Å²) in [6, 6.07) is 0. The third-order valence-corrected chi connectivity index (χ3v) is 8.20. The van der Waals surface area contributed by atoms with E-state index in [1.165, 1.54) is 39.0 Å². The van der Waals surface area contributed by atoms with Gasteiger partial charge in [0.05, 0.1) is 6.42 Å².